The lowest BCUT2D eigenvalue weighted by molar-refractivity contribution is 0.121. The van der Waals surface area contributed by atoms with E-state index in [1.807, 2.05) is 20.8 Å². The molecule has 0 spiro atoms. The lowest BCUT2D eigenvalue weighted by Crippen LogP contribution is -2.19. The highest BCUT2D eigenvalue weighted by Crippen LogP contribution is 2.26. The van der Waals surface area contributed by atoms with Crippen molar-refractivity contribution in [1.29, 1.82) is 0 Å². The average molecular weight is 246 g/mol. The highest BCUT2D eigenvalue weighted by molar-refractivity contribution is 5.58. The van der Waals surface area contributed by atoms with Crippen LogP contribution in [0.4, 0.5) is 0 Å². The van der Waals surface area contributed by atoms with Crippen molar-refractivity contribution < 1.29 is 5.11 Å². The van der Waals surface area contributed by atoms with Gasteiger partial charge >= 0.3 is 0 Å². The van der Waals surface area contributed by atoms with Crippen LogP contribution in [0, 0.1) is 6.92 Å². The van der Waals surface area contributed by atoms with Gasteiger partial charge in [0.1, 0.15) is 0 Å². The number of aryl methyl sites for hydroxylation is 1. The van der Waals surface area contributed by atoms with Crippen LogP contribution >= 0.6 is 0 Å². The first-order valence-electron chi connectivity index (χ1n) is 6.54. The zero-order chi connectivity index (χ0) is 14.1. The summed E-state index contributed by atoms with van der Waals surface area (Å²) in [5.41, 5.74) is 4.19. The fourth-order valence-electron chi connectivity index (χ4n) is 1.71. The Morgan fingerprint density at radius 1 is 1.11 bits per heavy atom. The van der Waals surface area contributed by atoms with E-state index < -0.39 is 5.60 Å². The van der Waals surface area contributed by atoms with Crippen molar-refractivity contribution in [3.05, 3.63) is 40.5 Å². The van der Waals surface area contributed by atoms with Gasteiger partial charge in [-0.25, -0.2) is 0 Å². The van der Waals surface area contributed by atoms with Gasteiger partial charge in [0.05, 0.1) is 5.60 Å². The summed E-state index contributed by atoms with van der Waals surface area (Å²) in [5.74, 6) is 0. The highest BCUT2D eigenvalue weighted by Gasteiger charge is 2.16. The maximum atomic E-state index is 9.95. The predicted molar refractivity (Wildman–Crippen MR) is 79.8 cm³/mol. The average Bonchev–Trinajstić information content (AvgIpc) is 2.17. The summed E-state index contributed by atoms with van der Waals surface area (Å²) in [7, 11) is 0. The molecule has 1 aromatic rings. The Bertz CT molecular complexity index is 453. The van der Waals surface area contributed by atoms with Crippen LogP contribution in [-0.4, -0.2) is 10.7 Å². The minimum Gasteiger partial charge on any atom is -0.386 e. The molecule has 1 nitrogen and oxygen atoms in total. The van der Waals surface area contributed by atoms with Crippen molar-refractivity contribution in [2.45, 2.75) is 59.5 Å². The molecule has 0 radical (unpaired) electrons. The minimum absolute atomic E-state index is 0.179. The molecule has 0 bridgehead atoms. The van der Waals surface area contributed by atoms with Crippen LogP contribution in [0.2, 0.25) is 0 Å². The van der Waals surface area contributed by atoms with E-state index in [0.29, 0.717) is 0 Å². The summed E-state index contributed by atoms with van der Waals surface area (Å²) >= 11 is 0. The van der Waals surface area contributed by atoms with Crippen LogP contribution in [0.15, 0.2) is 23.8 Å². The van der Waals surface area contributed by atoms with Gasteiger partial charge in [0.2, 0.25) is 0 Å². The third-order valence-corrected chi connectivity index (χ3v) is 3.47. The van der Waals surface area contributed by atoms with E-state index in [1.54, 1.807) is 0 Å². The summed E-state index contributed by atoms with van der Waals surface area (Å²) in [6.07, 6.45) is 2.07. The van der Waals surface area contributed by atoms with E-state index in [2.05, 4.69) is 52.0 Å². The zero-order valence-electron chi connectivity index (χ0n) is 12.8. The largest absolute Gasteiger partial charge is 0.386 e. The van der Waals surface area contributed by atoms with Crippen LogP contribution in [0.1, 0.15) is 58.2 Å². The van der Waals surface area contributed by atoms with Gasteiger partial charge < -0.3 is 5.11 Å². The van der Waals surface area contributed by atoms with Crippen LogP contribution in [0.25, 0.3) is 6.08 Å². The number of rotatable bonds is 2. The van der Waals surface area contributed by atoms with Crippen molar-refractivity contribution in [1.82, 2.24) is 0 Å². The Morgan fingerprint density at radius 2 is 1.67 bits per heavy atom. The molecular formula is C17H26O. The Balaban J connectivity index is 3.16. The van der Waals surface area contributed by atoms with Gasteiger partial charge in [-0.3, -0.25) is 0 Å². The molecule has 0 aliphatic rings. The smallest absolute Gasteiger partial charge is 0.0801 e. The number of hydrogen-bond donors (Lipinski definition) is 1. The summed E-state index contributed by atoms with van der Waals surface area (Å²) in [5, 5.41) is 9.95. The van der Waals surface area contributed by atoms with E-state index in [1.165, 1.54) is 16.7 Å². The summed E-state index contributed by atoms with van der Waals surface area (Å²) < 4.78 is 0. The van der Waals surface area contributed by atoms with Crippen LogP contribution < -0.4 is 0 Å². The second-order valence-corrected chi connectivity index (χ2v) is 6.71. The third-order valence-electron chi connectivity index (χ3n) is 3.47. The Kier molecular flexibility index (Phi) is 4.07. The molecule has 0 amide bonds. The number of hydrogen-bond acceptors (Lipinski definition) is 1. The maximum absolute atomic E-state index is 9.95. The molecule has 1 aromatic carbocycles. The molecule has 1 N–H and O–H groups in total. The highest BCUT2D eigenvalue weighted by atomic mass is 16.3. The van der Waals surface area contributed by atoms with E-state index in [0.717, 1.165) is 5.57 Å². The molecule has 0 saturated carbocycles. The molecule has 1 heteroatoms. The maximum Gasteiger partial charge on any atom is 0.0801 e. The van der Waals surface area contributed by atoms with Gasteiger partial charge in [0, 0.05) is 0 Å². The molecule has 1 rings (SSSR count). The fraction of sp³-hybridized carbons (Fsp3) is 0.529. The third kappa shape index (κ3) is 3.71. The molecule has 0 heterocycles. The number of aliphatic hydroxyl groups is 1. The summed E-state index contributed by atoms with van der Waals surface area (Å²) in [4.78, 5) is 0. The van der Waals surface area contributed by atoms with Crippen molar-refractivity contribution in [3.8, 4) is 0 Å². The van der Waals surface area contributed by atoms with E-state index in [-0.39, 0.29) is 5.41 Å². The molecule has 0 aliphatic carbocycles. The Morgan fingerprint density at radius 3 is 2.06 bits per heavy atom. The SMILES string of the molecule is C/C(=C\c1ccc(C(C)(C)C)cc1C)C(C)(C)O. The topological polar surface area (TPSA) is 20.2 Å². The zero-order valence-corrected chi connectivity index (χ0v) is 12.8. The van der Waals surface area contributed by atoms with Gasteiger partial charge in [-0.1, -0.05) is 45.0 Å². The molecule has 0 aromatic heterocycles. The Labute approximate surface area is 112 Å². The molecule has 0 atom stereocenters. The molecule has 0 aliphatic heterocycles. The van der Waals surface area contributed by atoms with E-state index >= 15 is 0 Å². The molecular weight excluding hydrogens is 220 g/mol. The minimum atomic E-state index is -0.755. The monoisotopic (exact) mass is 246 g/mol. The first-order valence-corrected chi connectivity index (χ1v) is 6.54. The van der Waals surface area contributed by atoms with Crippen LogP contribution in [-0.2, 0) is 5.41 Å². The lowest BCUT2D eigenvalue weighted by atomic mass is 9.85. The molecule has 0 fully saturated rings. The second-order valence-electron chi connectivity index (χ2n) is 6.71. The van der Waals surface area contributed by atoms with Crippen LogP contribution in [0.5, 0.6) is 0 Å². The van der Waals surface area contributed by atoms with Crippen molar-refractivity contribution >= 4 is 6.08 Å². The normalized spacial score (nSPS) is 13.9. The summed E-state index contributed by atoms with van der Waals surface area (Å²) in [6.45, 7) is 14.4. The summed E-state index contributed by atoms with van der Waals surface area (Å²) in [6, 6.07) is 6.56. The fourth-order valence-corrected chi connectivity index (χ4v) is 1.71. The first kappa shape index (κ1) is 15.0. The lowest BCUT2D eigenvalue weighted by Gasteiger charge is -2.21. The van der Waals surface area contributed by atoms with Crippen molar-refractivity contribution in [2.75, 3.05) is 0 Å². The number of benzene rings is 1. The van der Waals surface area contributed by atoms with Gasteiger partial charge in [0.15, 0.2) is 0 Å². The van der Waals surface area contributed by atoms with Gasteiger partial charge in [0.25, 0.3) is 0 Å². The van der Waals surface area contributed by atoms with Gasteiger partial charge in [-0.2, -0.15) is 0 Å². The predicted octanol–water partition coefficient (Wildman–Crippen LogP) is 4.47. The molecule has 100 valence electrons. The van der Waals surface area contributed by atoms with Gasteiger partial charge in [-0.15, -0.1) is 0 Å². The quantitative estimate of drug-likeness (QED) is 0.816. The van der Waals surface area contributed by atoms with Gasteiger partial charge in [-0.05, 0) is 55.4 Å². The van der Waals surface area contributed by atoms with E-state index in [9.17, 15) is 5.11 Å². The Hall–Kier alpha value is -1.08. The first-order chi connectivity index (χ1) is 8.01. The molecule has 18 heavy (non-hydrogen) atoms. The molecule has 0 unspecified atom stereocenters. The van der Waals surface area contributed by atoms with Crippen LogP contribution in [0.3, 0.4) is 0 Å². The standard InChI is InChI=1S/C17H26O/c1-12-10-15(16(3,4)5)9-8-14(12)11-13(2)17(6,7)18/h8-11,18H,1-7H3/b13-11+. The van der Waals surface area contributed by atoms with Crippen molar-refractivity contribution in [3.63, 3.8) is 0 Å². The van der Waals surface area contributed by atoms with Crippen molar-refractivity contribution in [2.24, 2.45) is 0 Å². The van der Waals surface area contributed by atoms with E-state index in [4.69, 9.17) is 0 Å². The molecule has 0 saturated heterocycles. The second kappa shape index (κ2) is 4.89.